The Morgan fingerprint density at radius 2 is 0.921 bits per heavy atom. The summed E-state index contributed by atoms with van der Waals surface area (Å²) in [5.74, 6) is 0. The van der Waals surface area contributed by atoms with Crippen LogP contribution in [0.15, 0.2) is 48.5 Å². The van der Waals surface area contributed by atoms with Crippen molar-refractivity contribution in [1.29, 1.82) is 10.5 Å². The van der Waals surface area contributed by atoms with Crippen molar-refractivity contribution in [3.63, 3.8) is 0 Å². The molecule has 6 rings (SSSR count). The topological polar surface area (TPSA) is 47.6 Å². The van der Waals surface area contributed by atoms with Gasteiger partial charge in [-0.25, -0.2) is 0 Å². The first-order valence-electron chi connectivity index (χ1n) is 14.5. The Morgan fingerprint density at radius 1 is 0.500 bits per heavy atom. The van der Waals surface area contributed by atoms with Crippen molar-refractivity contribution in [2.45, 2.75) is 78.1 Å². The molecular formula is C36H34N2. The third-order valence-corrected chi connectivity index (χ3v) is 8.65. The molecule has 0 aliphatic heterocycles. The average Bonchev–Trinajstić information content (AvgIpc) is 2.95. The number of unbranched alkanes of at least 4 members (excludes halogenated alkanes) is 6. The van der Waals surface area contributed by atoms with E-state index in [2.05, 4.69) is 74.5 Å². The van der Waals surface area contributed by atoms with E-state index < -0.39 is 0 Å². The van der Waals surface area contributed by atoms with Gasteiger partial charge in [0.05, 0.1) is 11.1 Å². The summed E-state index contributed by atoms with van der Waals surface area (Å²) in [6.45, 7) is 4.48. The van der Waals surface area contributed by atoms with Crippen molar-refractivity contribution in [2.75, 3.05) is 0 Å². The van der Waals surface area contributed by atoms with Crippen LogP contribution in [0.3, 0.4) is 0 Å². The number of fused-ring (bicyclic) bond motifs is 1. The highest BCUT2D eigenvalue weighted by molar-refractivity contribution is 6.41. The molecule has 0 spiro atoms. The number of nitriles is 2. The van der Waals surface area contributed by atoms with Gasteiger partial charge >= 0.3 is 0 Å². The van der Waals surface area contributed by atoms with Gasteiger partial charge in [0.15, 0.2) is 0 Å². The van der Waals surface area contributed by atoms with Crippen LogP contribution in [0.5, 0.6) is 0 Å². The second kappa shape index (κ2) is 10.1. The normalized spacial score (nSPS) is 11.9. The highest BCUT2D eigenvalue weighted by Crippen LogP contribution is 2.48. The van der Waals surface area contributed by atoms with Gasteiger partial charge in [-0.2, -0.15) is 10.5 Å². The van der Waals surface area contributed by atoms with Gasteiger partial charge in [0, 0.05) is 21.5 Å². The lowest BCUT2D eigenvalue weighted by molar-refractivity contribution is 0.668. The number of hydrogen-bond donors (Lipinski definition) is 0. The van der Waals surface area contributed by atoms with E-state index in [0.29, 0.717) is 11.1 Å². The van der Waals surface area contributed by atoms with Crippen LogP contribution < -0.4 is 0 Å². The molecule has 0 radical (unpaired) electrons. The molecule has 0 bridgehead atoms. The van der Waals surface area contributed by atoms with Crippen LogP contribution in [-0.4, -0.2) is 0 Å². The Kier molecular flexibility index (Phi) is 6.51. The Balaban J connectivity index is 1.75. The zero-order valence-corrected chi connectivity index (χ0v) is 22.6. The molecule has 0 unspecified atom stereocenters. The molecule has 188 valence electrons. The van der Waals surface area contributed by atoms with Crippen molar-refractivity contribution < 1.29 is 0 Å². The fraction of sp³-hybridized carbons (Fsp3) is 0.333. The standard InChI is InChI=1S/C36H34N2/c1-3-5-7-9-13-23-19-29-31(21-37)32(22-38)30-20-24(14-10-8-6-4-2)26-16-12-18-28-27-17-11-15-25(23)33(27)35(29)36(30)34(26)28/h11-12,15-20H,3-10,13-14H2,1-2H3. The van der Waals surface area contributed by atoms with Crippen molar-refractivity contribution in [3.05, 3.63) is 70.8 Å². The second-order valence-corrected chi connectivity index (χ2v) is 11.0. The first-order valence-corrected chi connectivity index (χ1v) is 14.5. The summed E-state index contributed by atoms with van der Waals surface area (Å²) < 4.78 is 0. The van der Waals surface area contributed by atoms with Gasteiger partial charge in [-0.1, -0.05) is 88.8 Å². The highest BCUT2D eigenvalue weighted by atomic mass is 14.3. The van der Waals surface area contributed by atoms with Crippen LogP contribution in [0.4, 0.5) is 0 Å². The van der Waals surface area contributed by atoms with E-state index in [9.17, 15) is 10.5 Å². The van der Waals surface area contributed by atoms with Crippen molar-refractivity contribution in [1.82, 2.24) is 0 Å². The van der Waals surface area contributed by atoms with E-state index in [1.165, 1.54) is 92.7 Å². The van der Waals surface area contributed by atoms with Crippen LogP contribution in [0.2, 0.25) is 0 Å². The van der Waals surface area contributed by atoms with Crippen molar-refractivity contribution in [2.24, 2.45) is 0 Å². The highest BCUT2D eigenvalue weighted by Gasteiger charge is 2.24. The number of benzene rings is 6. The average molecular weight is 495 g/mol. The lowest BCUT2D eigenvalue weighted by Gasteiger charge is -2.22. The van der Waals surface area contributed by atoms with Gasteiger partial charge in [-0.05, 0) is 81.3 Å². The smallest absolute Gasteiger partial charge is 0.101 e. The van der Waals surface area contributed by atoms with Gasteiger partial charge in [0.2, 0.25) is 0 Å². The summed E-state index contributed by atoms with van der Waals surface area (Å²) in [6, 6.07) is 22.8. The van der Waals surface area contributed by atoms with E-state index in [0.717, 1.165) is 36.5 Å². The van der Waals surface area contributed by atoms with E-state index >= 15 is 0 Å². The SMILES string of the molecule is CCCCCCc1cc2c(C#N)c(C#N)c3cc(CCCCCC)c4cccc5c6cccc1c6c2c3c45. The summed E-state index contributed by atoms with van der Waals surface area (Å²) in [4.78, 5) is 0. The third-order valence-electron chi connectivity index (χ3n) is 8.65. The third kappa shape index (κ3) is 3.67. The minimum Gasteiger partial charge on any atom is -0.192 e. The maximum Gasteiger partial charge on any atom is 0.101 e. The second-order valence-electron chi connectivity index (χ2n) is 11.0. The molecule has 0 atom stereocenters. The molecule has 0 amide bonds. The largest absolute Gasteiger partial charge is 0.192 e. The summed E-state index contributed by atoms with van der Waals surface area (Å²) in [5.41, 5.74) is 3.68. The fourth-order valence-electron chi connectivity index (χ4n) is 6.86. The van der Waals surface area contributed by atoms with E-state index in [1.54, 1.807) is 0 Å². The molecule has 0 aromatic heterocycles. The first kappa shape index (κ1) is 24.5. The first-order chi connectivity index (χ1) is 18.7. The number of nitrogens with zero attached hydrogens (tertiary/aromatic N) is 2. The Morgan fingerprint density at radius 3 is 1.32 bits per heavy atom. The van der Waals surface area contributed by atoms with E-state index in [4.69, 9.17) is 0 Å². The monoisotopic (exact) mass is 494 g/mol. The molecule has 38 heavy (non-hydrogen) atoms. The molecule has 0 aliphatic rings. The van der Waals surface area contributed by atoms with Crippen molar-refractivity contribution >= 4 is 53.9 Å². The van der Waals surface area contributed by atoms with Gasteiger partial charge < -0.3 is 0 Å². The van der Waals surface area contributed by atoms with Crippen molar-refractivity contribution in [3.8, 4) is 12.1 Å². The maximum absolute atomic E-state index is 10.4. The predicted octanol–water partition coefficient (Wildman–Crippen LogP) is 10.3. The van der Waals surface area contributed by atoms with E-state index in [-0.39, 0.29) is 0 Å². The van der Waals surface area contributed by atoms with Gasteiger partial charge in [0.1, 0.15) is 12.1 Å². The number of rotatable bonds is 10. The van der Waals surface area contributed by atoms with Gasteiger partial charge in [-0.3, -0.25) is 0 Å². The Labute approximate surface area is 225 Å². The van der Waals surface area contributed by atoms with Crippen LogP contribution >= 0.6 is 0 Å². The zero-order valence-electron chi connectivity index (χ0n) is 22.6. The molecule has 0 saturated heterocycles. The lowest BCUT2D eigenvalue weighted by atomic mass is 9.79. The molecular weight excluding hydrogens is 460 g/mol. The van der Waals surface area contributed by atoms with Gasteiger partial charge in [0.25, 0.3) is 0 Å². The van der Waals surface area contributed by atoms with E-state index in [1.807, 2.05) is 0 Å². The van der Waals surface area contributed by atoms with Gasteiger partial charge in [-0.15, -0.1) is 0 Å². The Bertz CT molecular complexity index is 1720. The summed E-state index contributed by atoms with van der Waals surface area (Å²) >= 11 is 0. The maximum atomic E-state index is 10.4. The number of aryl methyl sites for hydroxylation is 2. The fourth-order valence-corrected chi connectivity index (χ4v) is 6.86. The molecule has 0 aliphatic carbocycles. The molecule has 0 N–H and O–H groups in total. The van der Waals surface area contributed by atoms with Crippen LogP contribution in [0.1, 0.15) is 87.5 Å². The quantitative estimate of drug-likeness (QED) is 0.108. The summed E-state index contributed by atoms with van der Waals surface area (Å²) in [7, 11) is 0. The molecule has 0 fully saturated rings. The summed E-state index contributed by atoms with van der Waals surface area (Å²) in [5, 5.41) is 32.7. The molecule has 6 aromatic rings. The molecule has 0 heterocycles. The number of hydrogen-bond acceptors (Lipinski definition) is 2. The summed E-state index contributed by atoms with van der Waals surface area (Å²) in [6.07, 6.45) is 11.6. The lowest BCUT2D eigenvalue weighted by Crippen LogP contribution is -2.00. The molecule has 2 heteroatoms. The van der Waals surface area contributed by atoms with Crippen LogP contribution in [0, 0.1) is 22.7 Å². The Hall–Kier alpha value is -3.88. The van der Waals surface area contributed by atoms with Crippen LogP contribution in [0.25, 0.3) is 53.9 Å². The predicted molar refractivity (Wildman–Crippen MR) is 161 cm³/mol. The zero-order chi connectivity index (χ0) is 26.2. The molecule has 0 saturated carbocycles. The minimum absolute atomic E-state index is 0.539. The van der Waals surface area contributed by atoms with Crippen LogP contribution in [-0.2, 0) is 12.8 Å². The molecule has 2 nitrogen and oxygen atoms in total. The molecule has 6 aromatic carbocycles. The minimum atomic E-state index is 0.539.